The molecule has 0 saturated carbocycles. The molecule has 0 aromatic heterocycles. The zero-order valence-electron chi connectivity index (χ0n) is 8.62. The summed E-state index contributed by atoms with van der Waals surface area (Å²) < 4.78 is 5.27. The second kappa shape index (κ2) is 3.90. The van der Waals surface area contributed by atoms with E-state index in [1.165, 1.54) is 0 Å². The number of fused-ring (bicyclic) bond motifs is 1. The first kappa shape index (κ1) is 9.98. The van der Waals surface area contributed by atoms with Crippen molar-refractivity contribution >= 4 is 11.6 Å². The number of methoxy groups -OCH3 is 1. The summed E-state index contributed by atoms with van der Waals surface area (Å²) in [5.41, 5.74) is 7.50. The van der Waals surface area contributed by atoms with E-state index in [-0.39, 0.29) is 11.8 Å². The lowest BCUT2D eigenvalue weighted by molar-refractivity contribution is -0.116. The minimum atomic E-state index is 0.0196. The summed E-state index contributed by atoms with van der Waals surface area (Å²) in [6.45, 7) is 0.459. The Balaban J connectivity index is 2.51. The third-order valence-corrected chi connectivity index (χ3v) is 2.68. The van der Waals surface area contributed by atoms with Gasteiger partial charge in [-0.25, -0.2) is 0 Å². The Kier molecular flexibility index (Phi) is 2.60. The molecule has 1 amide bonds. The highest BCUT2D eigenvalue weighted by Crippen LogP contribution is 2.38. The molecule has 0 aliphatic carbocycles. The lowest BCUT2D eigenvalue weighted by atomic mass is 9.90. The Morgan fingerprint density at radius 3 is 3.07 bits per heavy atom. The third-order valence-electron chi connectivity index (χ3n) is 2.68. The van der Waals surface area contributed by atoms with E-state index in [4.69, 9.17) is 10.5 Å². The number of nitrogens with one attached hydrogen (secondary N) is 1. The Morgan fingerprint density at radius 2 is 2.40 bits per heavy atom. The summed E-state index contributed by atoms with van der Waals surface area (Å²) >= 11 is 0. The van der Waals surface area contributed by atoms with Crippen LogP contribution in [-0.4, -0.2) is 19.6 Å². The van der Waals surface area contributed by atoms with Gasteiger partial charge in [0.25, 0.3) is 0 Å². The Hall–Kier alpha value is -1.55. The number of rotatable bonds is 2. The maximum Gasteiger partial charge on any atom is 0.225 e. The summed E-state index contributed by atoms with van der Waals surface area (Å²) in [5.74, 6) is 0.874. The zero-order valence-corrected chi connectivity index (χ0v) is 8.62. The molecule has 1 atom stereocenters. The molecule has 0 fully saturated rings. The SMILES string of the molecule is COc1cccc2c1C(CN)CC(=O)N2. The highest BCUT2D eigenvalue weighted by atomic mass is 16.5. The van der Waals surface area contributed by atoms with Crippen LogP contribution in [0.2, 0.25) is 0 Å². The van der Waals surface area contributed by atoms with Crippen LogP contribution < -0.4 is 15.8 Å². The Labute approximate surface area is 88.4 Å². The number of anilines is 1. The molecule has 1 aliphatic rings. The highest BCUT2D eigenvalue weighted by molar-refractivity contribution is 5.95. The predicted molar refractivity (Wildman–Crippen MR) is 58.0 cm³/mol. The lowest BCUT2D eigenvalue weighted by Gasteiger charge is -2.26. The predicted octanol–water partition coefficient (Wildman–Crippen LogP) is 1.08. The first-order valence-electron chi connectivity index (χ1n) is 4.93. The fourth-order valence-corrected chi connectivity index (χ4v) is 1.98. The maximum absolute atomic E-state index is 11.4. The van der Waals surface area contributed by atoms with Gasteiger partial charge in [0, 0.05) is 23.6 Å². The van der Waals surface area contributed by atoms with Crippen molar-refractivity contribution in [2.45, 2.75) is 12.3 Å². The normalized spacial score (nSPS) is 19.3. The number of benzene rings is 1. The van der Waals surface area contributed by atoms with Gasteiger partial charge in [0.15, 0.2) is 0 Å². The molecule has 1 aliphatic heterocycles. The van der Waals surface area contributed by atoms with Gasteiger partial charge >= 0.3 is 0 Å². The van der Waals surface area contributed by atoms with Crippen molar-refractivity contribution < 1.29 is 9.53 Å². The summed E-state index contributed by atoms with van der Waals surface area (Å²) in [7, 11) is 1.62. The van der Waals surface area contributed by atoms with Gasteiger partial charge in [-0.3, -0.25) is 4.79 Å². The molecule has 80 valence electrons. The molecule has 2 rings (SSSR count). The number of amides is 1. The monoisotopic (exact) mass is 206 g/mol. The quantitative estimate of drug-likeness (QED) is 0.761. The topological polar surface area (TPSA) is 64.3 Å². The number of hydrogen-bond donors (Lipinski definition) is 2. The molecule has 4 nitrogen and oxygen atoms in total. The molecule has 1 unspecified atom stereocenters. The maximum atomic E-state index is 11.4. The molecule has 4 heteroatoms. The standard InChI is InChI=1S/C11H14N2O2/c1-15-9-4-2-3-8-11(9)7(6-12)5-10(14)13-8/h2-4,7H,5-6,12H2,1H3,(H,13,14). The van der Waals surface area contributed by atoms with E-state index in [9.17, 15) is 4.79 Å². The fourth-order valence-electron chi connectivity index (χ4n) is 1.98. The fraction of sp³-hybridized carbons (Fsp3) is 0.364. The number of hydrogen-bond acceptors (Lipinski definition) is 3. The van der Waals surface area contributed by atoms with Gasteiger partial charge < -0.3 is 15.8 Å². The smallest absolute Gasteiger partial charge is 0.225 e. The van der Waals surface area contributed by atoms with E-state index in [1.54, 1.807) is 7.11 Å². The molecule has 0 radical (unpaired) electrons. The molecule has 0 bridgehead atoms. The Morgan fingerprint density at radius 1 is 1.60 bits per heavy atom. The van der Waals surface area contributed by atoms with Crippen molar-refractivity contribution in [3.63, 3.8) is 0 Å². The first-order valence-corrected chi connectivity index (χ1v) is 4.93. The van der Waals surface area contributed by atoms with Crippen molar-refractivity contribution in [3.8, 4) is 5.75 Å². The van der Waals surface area contributed by atoms with Crippen LogP contribution >= 0.6 is 0 Å². The third kappa shape index (κ3) is 1.68. The largest absolute Gasteiger partial charge is 0.496 e. The molecular formula is C11H14N2O2. The molecule has 0 spiro atoms. The van der Waals surface area contributed by atoms with Crippen LogP contribution in [0.25, 0.3) is 0 Å². The number of carbonyl (C=O) groups is 1. The van der Waals surface area contributed by atoms with E-state index in [2.05, 4.69) is 5.32 Å². The van der Waals surface area contributed by atoms with Crippen molar-refractivity contribution in [1.29, 1.82) is 0 Å². The van der Waals surface area contributed by atoms with E-state index in [1.807, 2.05) is 18.2 Å². The van der Waals surface area contributed by atoms with E-state index >= 15 is 0 Å². The van der Waals surface area contributed by atoms with E-state index < -0.39 is 0 Å². The molecule has 0 saturated heterocycles. The van der Waals surface area contributed by atoms with Crippen molar-refractivity contribution in [3.05, 3.63) is 23.8 Å². The van der Waals surface area contributed by atoms with Crippen LogP contribution in [0.15, 0.2) is 18.2 Å². The molecular weight excluding hydrogens is 192 g/mol. The number of carbonyl (C=O) groups excluding carboxylic acids is 1. The summed E-state index contributed by atoms with van der Waals surface area (Å²) in [6, 6.07) is 5.62. The Bertz CT molecular complexity index is 390. The number of nitrogens with two attached hydrogens (primary N) is 1. The van der Waals surface area contributed by atoms with Gasteiger partial charge in [0.1, 0.15) is 5.75 Å². The average Bonchev–Trinajstić information content (AvgIpc) is 2.26. The molecule has 1 aromatic carbocycles. The average molecular weight is 206 g/mol. The number of ether oxygens (including phenoxy) is 1. The van der Waals surface area contributed by atoms with Crippen LogP contribution in [0.3, 0.4) is 0 Å². The van der Waals surface area contributed by atoms with Crippen LogP contribution in [-0.2, 0) is 4.79 Å². The molecule has 1 heterocycles. The van der Waals surface area contributed by atoms with Crippen LogP contribution in [0, 0.1) is 0 Å². The zero-order chi connectivity index (χ0) is 10.8. The molecule has 3 N–H and O–H groups in total. The second-order valence-corrected chi connectivity index (χ2v) is 3.61. The van der Waals surface area contributed by atoms with Crippen LogP contribution in [0.1, 0.15) is 17.9 Å². The molecule has 1 aromatic rings. The second-order valence-electron chi connectivity index (χ2n) is 3.61. The van der Waals surface area contributed by atoms with Gasteiger partial charge in [0.2, 0.25) is 5.91 Å². The summed E-state index contributed by atoms with van der Waals surface area (Å²) in [4.78, 5) is 11.4. The van der Waals surface area contributed by atoms with Crippen molar-refractivity contribution in [1.82, 2.24) is 0 Å². The van der Waals surface area contributed by atoms with E-state index in [0.29, 0.717) is 13.0 Å². The van der Waals surface area contributed by atoms with Gasteiger partial charge in [-0.05, 0) is 18.7 Å². The summed E-state index contributed by atoms with van der Waals surface area (Å²) in [6.07, 6.45) is 0.434. The van der Waals surface area contributed by atoms with E-state index in [0.717, 1.165) is 17.0 Å². The van der Waals surface area contributed by atoms with Crippen molar-refractivity contribution in [2.75, 3.05) is 19.0 Å². The van der Waals surface area contributed by atoms with Gasteiger partial charge in [-0.1, -0.05) is 6.07 Å². The van der Waals surface area contributed by atoms with Gasteiger partial charge in [0.05, 0.1) is 7.11 Å². The minimum Gasteiger partial charge on any atom is -0.496 e. The lowest BCUT2D eigenvalue weighted by Crippen LogP contribution is -2.27. The first-order chi connectivity index (χ1) is 7.26. The molecule has 15 heavy (non-hydrogen) atoms. The highest BCUT2D eigenvalue weighted by Gasteiger charge is 2.26. The summed E-state index contributed by atoms with van der Waals surface area (Å²) in [5, 5.41) is 2.82. The van der Waals surface area contributed by atoms with Gasteiger partial charge in [-0.15, -0.1) is 0 Å². The van der Waals surface area contributed by atoms with Crippen molar-refractivity contribution in [2.24, 2.45) is 5.73 Å². The van der Waals surface area contributed by atoms with Crippen LogP contribution in [0.4, 0.5) is 5.69 Å². The minimum absolute atomic E-state index is 0.0196. The van der Waals surface area contributed by atoms with Gasteiger partial charge in [-0.2, -0.15) is 0 Å². The van der Waals surface area contributed by atoms with Crippen LogP contribution in [0.5, 0.6) is 5.75 Å².